The van der Waals surface area contributed by atoms with Crippen LogP contribution in [0.25, 0.3) is 0 Å². The third-order valence-corrected chi connectivity index (χ3v) is 3.30. The van der Waals surface area contributed by atoms with E-state index in [0.717, 1.165) is 6.07 Å². The zero-order valence-electron chi connectivity index (χ0n) is 11.0. The molecule has 2 aromatic rings. The van der Waals surface area contributed by atoms with Crippen LogP contribution in [0.15, 0.2) is 45.5 Å². The molecule has 1 heterocycles. The molecule has 1 aromatic carbocycles. The molecule has 0 saturated carbocycles. The van der Waals surface area contributed by atoms with Crippen molar-refractivity contribution < 1.29 is 27.5 Å². The van der Waals surface area contributed by atoms with Crippen molar-refractivity contribution in [1.82, 2.24) is 5.32 Å². The molecule has 22 heavy (non-hydrogen) atoms. The van der Waals surface area contributed by atoms with Crippen molar-refractivity contribution >= 4 is 21.8 Å². The first kappa shape index (κ1) is 16.6. The van der Waals surface area contributed by atoms with Gasteiger partial charge in [-0.3, -0.25) is 4.79 Å². The van der Waals surface area contributed by atoms with Gasteiger partial charge in [0, 0.05) is 6.54 Å². The summed E-state index contributed by atoms with van der Waals surface area (Å²) in [4.78, 5) is 11.7. The highest BCUT2D eigenvalue weighted by molar-refractivity contribution is 9.10. The second-order valence-electron chi connectivity index (χ2n) is 4.41. The number of carbonyl (C=O) groups is 1. The van der Waals surface area contributed by atoms with Gasteiger partial charge in [0.1, 0.15) is 0 Å². The fourth-order valence-electron chi connectivity index (χ4n) is 1.87. The molecule has 0 bridgehead atoms. The summed E-state index contributed by atoms with van der Waals surface area (Å²) in [6.07, 6.45) is -6.06. The minimum atomic E-state index is -4.58. The number of rotatable bonds is 4. The number of amides is 1. The molecule has 2 rings (SSSR count). The van der Waals surface area contributed by atoms with E-state index in [1.807, 2.05) is 0 Å². The second kappa shape index (κ2) is 6.53. The smallest absolute Gasteiger partial charge is 0.416 e. The van der Waals surface area contributed by atoms with Gasteiger partial charge in [0.05, 0.1) is 11.7 Å². The molecule has 1 aromatic heterocycles. The maximum absolute atomic E-state index is 12.9. The highest BCUT2D eigenvalue weighted by Gasteiger charge is 2.34. The third-order valence-electron chi connectivity index (χ3n) is 2.88. The lowest BCUT2D eigenvalue weighted by atomic mass is 10.0. The molecule has 4 nitrogen and oxygen atoms in total. The Morgan fingerprint density at radius 1 is 1.27 bits per heavy atom. The van der Waals surface area contributed by atoms with E-state index in [0.29, 0.717) is 4.67 Å². The standard InChI is InChI=1S/C14H11BrF3NO3/c15-12-6-5-11(22-12)13(21)19-7-10(20)8-3-1-2-4-9(8)14(16,17)18/h1-6,10,20H,7H2,(H,19,21)/t10-/m0/s1. The first-order valence-electron chi connectivity index (χ1n) is 6.17. The largest absolute Gasteiger partial charge is 0.444 e. The van der Waals surface area contributed by atoms with E-state index >= 15 is 0 Å². The van der Waals surface area contributed by atoms with Crippen molar-refractivity contribution in [2.24, 2.45) is 0 Å². The highest BCUT2D eigenvalue weighted by Crippen LogP contribution is 2.34. The summed E-state index contributed by atoms with van der Waals surface area (Å²) in [5, 5.41) is 12.2. The summed E-state index contributed by atoms with van der Waals surface area (Å²) in [6, 6.07) is 7.57. The van der Waals surface area contributed by atoms with Gasteiger partial charge in [-0.15, -0.1) is 0 Å². The van der Waals surface area contributed by atoms with E-state index in [1.54, 1.807) is 0 Å². The summed E-state index contributed by atoms with van der Waals surface area (Å²) in [5.41, 5.74) is -1.23. The Morgan fingerprint density at radius 3 is 2.55 bits per heavy atom. The lowest BCUT2D eigenvalue weighted by Crippen LogP contribution is -2.29. The van der Waals surface area contributed by atoms with Crippen LogP contribution in [0.3, 0.4) is 0 Å². The number of carbonyl (C=O) groups excluding carboxylic acids is 1. The van der Waals surface area contributed by atoms with Gasteiger partial charge >= 0.3 is 6.18 Å². The molecule has 0 radical (unpaired) electrons. The Hall–Kier alpha value is -1.80. The molecule has 0 unspecified atom stereocenters. The van der Waals surface area contributed by atoms with E-state index in [4.69, 9.17) is 4.42 Å². The molecule has 1 amide bonds. The number of hydrogen-bond acceptors (Lipinski definition) is 3. The third kappa shape index (κ3) is 3.89. The fraction of sp³-hybridized carbons (Fsp3) is 0.214. The quantitative estimate of drug-likeness (QED) is 0.856. The minimum Gasteiger partial charge on any atom is -0.444 e. The molecule has 118 valence electrons. The molecule has 0 spiro atoms. The Morgan fingerprint density at radius 2 is 1.95 bits per heavy atom. The summed E-state index contributed by atoms with van der Waals surface area (Å²) < 4.78 is 43.9. The molecule has 1 atom stereocenters. The molecule has 2 N–H and O–H groups in total. The second-order valence-corrected chi connectivity index (χ2v) is 5.20. The first-order valence-corrected chi connectivity index (χ1v) is 6.96. The van der Waals surface area contributed by atoms with Crippen LogP contribution in [0.1, 0.15) is 27.8 Å². The van der Waals surface area contributed by atoms with Gasteiger partial charge in [0.15, 0.2) is 10.4 Å². The average molecular weight is 378 g/mol. The summed E-state index contributed by atoms with van der Waals surface area (Å²) in [7, 11) is 0. The van der Waals surface area contributed by atoms with Gasteiger partial charge < -0.3 is 14.8 Å². The van der Waals surface area contributed by atoms with Crippen LogP contribution in [0, 0.1) is 0 Å². The zero-order valence-corrected chi connectivity index (χ0v) is 12.6. The first-order chi connectivity index (χ1) is 10.3. The summed E-state index contributed by atoms with van der Waals surface area (Å²) >= 11 is 3.03. The Balaban J connectivity index is 2.07. The number of benzene rings is 1. The monoisotopic (exact) mass is 377 g/mol. The Labute approximate surface area is 132 Å². The Kier molecular flexibility index (Phi) is 4.92. The number of aliphatic hydroxyl groups is 1. The van der Waals surface area contributed by atoms with Crippen molar-refractivity contribution in [1.29, 1.82) is 0 Å². The molecule has 8 heteroatoms. The molecule has 0 aliphatic rings. The van der Waals surface area contributed by atoms with Crippen LogP contribution in [0.5, 0.6) is 0 Å². The van der Waals surface area contributed by atoms with Crippen molar-refractivity contribution in [2.75, 3.05) is 6.54 Å². The molecule has 0 aliphatic heterocycles. The Bertz CT molecular complexity index is 669. The van der Waals surface area contributed by atoms with Crippen molar-refractivity contribution in [3.05, 3.63) is 58.0 Å². The molecule has 0 saturated heterocycles. The van der Waals surface area contributed by atoms with Crippen LogP contribution in [0.2, 0.25) is 0 Å². The van der Waals surface area contributed by atoms with Crippen LogP contribution in [0.4, 0.5) is 13.2 Å². The minimum absolute atomic E-state index is 0.0109. The topological polar surface area (TPSA) is 62.5 Å². The van der Waals surface area contributed by atoms with Crippen molar-refractivity contribution in [3.63, 3.8) is 0 Å². The van der Waals surface area contributed by atoms with Gasteiger partial charge in [0.25, 0.3) is 5.91 Å². The molecular formula is C14H11BrF3NO3. The van der Waals surface area contributed by atoms with Gasteiger partial charge in [-0.25, -0.2) is 0 Å². The molecular weight excluding hydrogens is 367 g/mol. The fourth-order valence-corrected chi connectivity index (χ4v) is 2.18. The molecule has 0 fully saturated rings. The number of nitrogens with one attached hydrogen (secondary N) is 1. The lowest BCUT2D eigenvalue weighted by Gasteiger charge is -2.17. The van der Waals surface area contributed by atoms with E-state index in [1.165, 1.54) is 30.3 Å². The maximum atomic E-state index is 12.9. The summed E-state index contributed by atoms with van der Waals surface area (Å²) in [5.74, 6) is -0.641. The van der Waals surface area contributed by atoms with Gasteiger partial charge in [-0.1, -0.05) is 18.2 Å². The van der Waals surface area contributed by atoms with Crippen LogP contribution in [-0.2, 0) is 6.18 Å². The van der Waals surface area contributed by atoms with Gasteiger partial charge in [0.2, 0.25) is 0 Å². The molecule has 0 aliphatic carbocycles. The number of hydrogen-bond donors (Lipinski definition) is 2. The van der Waals surface area contributed by atoms with Crippen LogP contribution < -0.4 is 5.32 Å². The number of furan rings is 1. The van der Waals surface area contributed by atoms with E-state index < -0.39 is 23.8 Å². The SMILES string of the molecule is O=C(NC[C@H](O)c1ccccc1C(F)(F)F)c1ccc(Br)o1. The predicted octanol–water partition coefficient (Wildman–Crippen LogP) is 3.52. The van der Waals surface area contributed by atoms with Gasteiger partial charge in [-0.2, -0.15) is 13.2 Å². The van der Waals surface area contributed by atoms with Crippen LogP contribution in [-0.4, -0.2) is 17.6 Å². The van der Waals surface area contributed by atoms with E-state index in [2.05, 4.69) is 21.2 Å². The van der Waals surface area contributed by atoms with Crippen LogP contribution >= 0.6 is 15.9 Å². The van der Waals surface area contributed by atoms with Crippen molar-refractivity contribution in [3.8, 4) is 0 Å². The number of alkyl halides is 3. The lowest BCUT2D eigenvalue weighted by molar-refractivity contribution is -0.139. The summed E-state index contributed by atoms with van der Waals surface area (Å²) in [6.45, 7) is -0.371. The average Bonchev–Trinajstić information content (AvgIpc) is 2.90. The van der Waals surface area contributed by atoms with E-state index in [9.17, 15) is 23.1 Å². The predicted molar refractivity (Wildman–Crippen MR) is 75.1 cm³/mol. The van der Waals surface area contributed by atoms with Gasteiger partial charge in [-0.05, 0) is 39.7 Å². The normalized spacial score (nSPS) is 13.0. The number of aliphatic hydroxyl groups excluding tert-OH is 1. The maximum Gasteiger partial charge on any atom is 0.416 e. The number of halogens is 4. The van der Waals surface area contributed by atoms with Crippen molar-refractivity contribution in [2.45, 2.75) is 12.3 Å². The highest BCUT2D eigenvalue weighted by atomic mass is 79.9. The zero-order chi connectivity index (χ0) is 16.3. The van der Waals surface area contributed by atoms with E-state index in [-0.39, 0.29) is 17.9 Å².